The standard InChI is InChI=1S/C38H50N4O4/c1-25(2)45-36(44)34(46-37(5,6)7)32-27(4)41-26(3)31(33(32)42-21-18-38(19-22-42)17-20-39-24-38)29-13-15-30(16-14-29)35(43)40-23-28-11-9-8-10-12-28/h8-16,25,34,39H,17-24H2,1-7H3,(H,40,43)/t34-/m0/s1. The molecule has 0 aliphatic carbocycles. The second-order valence-corrected chi connectivity index (χ2v) is 14.2. The number of nitrogens with zero attached hydrogens (tertiary/aromatic N) is 2. The highest BCUT2D eigenvalue weighted by molar-refractivity contribution is 5.95. The first-order valence-electron chi connectivity index (χ1n) is 16.6. The molecular formula is C38H50N4O4. The van der Waals surface area contributed by atoms with Crippen molar-refractivity contribution in [2.75, 3.05) is 31.1 Å². The average Bonchev–Trinajstić information content (AvgIpc) is 3.46. The molecule has 2 aliphatic heterocycles. The number of carbonyl (C=O) groups is 2. The van der Waals surface area contributed by atoms with Gasteiger partial charge in [0.1, 0.15) is 0 Å². The number of anilines is 1. The highest BCUT2D eigenvalue weighted by Crippen LogP contribution is 2.46. The zero-order valence-electron chi connectivity index (χ0n) is 28.5. The van der Waals surface area contributed by atoms with Gasteiger partial charge in [0.2, 0.25) is 0 Å². The molecule has 8 heteroatoms. The van der Waals surface area contributed by atoms with Crippen LogP contribution in [0.4, 0.5) is 5.69 Å². The van der Waals surface area contributed by atoms with E-state index in [1.165, 1.54) is 6.42 Å². The van der Waals surface area contributed by atoms with Gasteiger partial charge in [0, 0.05) is 54.3 Å². The van der Waals surface area contributed by atoms with Gasteiger partial charge in [-0.05, 0) is 103 Å². The van der Waals surface area contributed by atoms with E-state index in [1.807, 2.05) is 103 Å². The molecule has 3 heterocycles. The van der Waals surface area contributed by atoms with E-state index < -0.39 is 17.7 Å². The maximum absolute atomic E-state index is 13.8. The number of carbonyl (C=O) groups excluding carboxylic acids is 2. The summed E-state index contributed by atoms with van der Waals surface area (Å²) in [6.45, 7) is 17.9. The van der Waals surface area contributed by atoms with Gasteiger partial charge >= 0.3 is 5.97 Å². The smallest absolute Gasteiger partial charge is 0.340 e. The summed E-state index contributed by atoms with van der Waals surface area (Å²) in [5.74, 6) is -0.540. The topological polar surface area (TPSA) is 92.8 Å². The lowest BCUT2D eigenvalue weighted by atomic mass is 9.77. The summed E-state index contributed by atoms with van der Waals surface area (Å²) in [6.07, 6.45) is 2.10. The minimum atomic E-state index is -0.948. The molecule has 3 aromatic rings. The Labute approximate surface area is 274 Å². The molecule has 1 atom stereocenters. The van der Waals surface area contributed by atoms with E-state index in [0.29, 0.717) is 17.5 Å². The number of benzene rings is 2. The number of aromatic nitrogens is 1. The minimum Gasteiger partial charge on any atom is -0.461 e. The van der Waals surface area contributed by atoms with E-state index in [9.17, 15) is 9.59 Å². The van der Waals surface area contributed by atoms with Gasteiger partial charge in [0.25, 0.3) is 5.91 Å². The van der Waals surface area contributed by atoms with Crippen LogP contribution < -0.4 is 15.5 Å². The molecule has 0 unspecified atom stereocenters. The molecule has 46 heavy (non-hydrogen) atoms. The molecular weight excluding hydrogens is 576 g/mol. The Morgan fingerprint density at radius 1 is 0.978 bits per heavy atom. The normalized spacial score (nSPS) is 16.9. The summed E-state index contributed by atoms with van der Waals surface area (Å²) in [6, 6.07) is 17.6. The van der Waals surface area contributed by atoms with Crippen molar-refractivity contribution in [1.29, 1.82) is 0 Å². The summed E-state index contributed by atoms with van der Waals surface area (Å²) in [5.41, 5.74) is 6.60. The maximum atomic E-state index is 13.8. The molecule has 246 valence electrons. The van der Waals surface area contributed by atoms with E-state index in [4.69, 9.17) is 14.5 Å². The van der Waals surface area contributed by atoms with E-state index in [2.05, 4.69) is 15.5 Å². The van der Waals surface area contributed by atoms with E-state index >= 15 is 0 Å². The molecule has 8 nitrogen and oxygen atoms in total. The van der Waals surface area contributed by atoms with Crippen LogP contribution >= 0.6 is 0 Å². The van der Waals surface area contributed by atoms with Gasteiger partial charge in [-0.2, -0.15) is 0 Å². The molecule has 2 aliphatic rings. The van der Waals surface area contributed by atoms with Crippen molar-refractivity contribution in [2.45, 2.75) is 92.1 Å². The van der Waals surface area contributed by atoms with Gasteiger partial charge < -0.3 is 25.0 Å². The number of aryl methyl sites for hydroxylation is 2. The van der Waals surface area contributed by atoms with Gasteiger partial charge in [0.15, 0.2) is 6.10 Å². The molecule has 2 aromatic carbocycles. The van der Waals surface area contributed by atoms with Crippen molar-refractivity contribution in [2.24, 2.45) is 5.41 Å². The lowest BCUT2D eigenvalue weighted by Gasteiger charge is -2.42. The van der Waals surface area contributed by atoms with Crippen molar-refractivity contribution in [3.63, 3.8) is 0 Å². The minimum absolute atomic E-state index is 0.128. The third-order valence-corrected chi connectivity index (χ3v) is 9.08. The summed E-state index contributed by atoms with van der Waals surface area (Å²) < 4.78 is 12.3. The molecule has 5 rings (SSSR count). The summed E-state index contributed by atoms with van der Waals surface area (Å²) in [4.78, 5) is 34.3. The zero-order chi connectivity index (χ0) is 33.1. The predicted molar refractivity (Wildman–Crippen MR) is 183 cm³/mol. The number of pyridine rings is 1. The second kappa shape index (κ2) is 13.9. The number of rotatable bonds is 9. The monoisotopic (exact) mass is 626 g/mol. The van der Waals surface area contributed by atoms with Gasteiger partial charge in [0.05, 0.1) is 17.4 Å². The number of hydrogen-bond acceptors (Lipinski definition) is 7. The number of piperidine rings is 1. The Morgan fingerprint density at radius 3 is 2.24 bits per heavy atom. The van der Waals surface area contributed by atoms with Crippen LogP contribution in [-0.4, -0.2) is 54.7 Å². The fourth-order valence-electron chi connectivity index (χ4n) is 6.80. The molecule has 2 N–H and O–H groups in total. The molecule has 0 radical (unpaired) electrons. The Balaban J connectivity index is 1.56. The first-order valence-corrected chi connectivity index (χ1v) is 16.6. The highest BCUT2D eigenvalue weighted by atomic mass is 16.6. The molecule has 0 saturated carbocycles. The number of nitrogens with one attached hydrogen (secondary N) is 2. The van der Waals surface area contributed by atoms with Gasteiger partial charge in [-0.1, -0.05) is 42.5 Å². The van der Waals surface area contributed by atoms with Crippen LogP contribution in [0.2, 0.25) is 0 Å². The van der Waals surface area contributed by atoms with Crippen molar-refractivity contribution < 1.29 is 19.1 Å². The number of ether oxygens (including phenoxy) is 2. The molecule has 1 amide bonds. The fraction of sp³-hybridized carbons (Fsp3) is 0.500. The Hall–Kier alpha value is -3.75. The van der Waals surface area contributed by atoms with Gasteiger partial charge in [-0.25, -0.2) is 4.79 Å². The van der Waals surface area contributed by atoms with Crippen LogP contribution in [0.15, 0.2) is 54.6 Å². The zero-order valence-corrected chi connectivity index (χ0v) is 28.5. The maximum Gasteiger partial charge on any atom is 0.340 e. The van der Waals surface area contributed by atoms with Crippen LogP contribution in [0.5, 0.6) is 0 Å². The van der Waals surface area contributed by atoms with E-state index in [-0.39, 0.29) is 12.0 Å². The second-order valence-electron chi connectivity index (χ2n) is 14.2. The van der Waals surface area contributed by atoms with Crippen molar-refractivity contribution in [3.05, 3.63) is 82.7 Å². The quantitative estimate of drug-likeness (QED) is 0.256. The largest absolute Gasteiger partial charge is 0.461 e. The average molecular weight is 627 g/mol. The van der Waals surface area contributed by atoms with Crippen LogP contribution in [0.25, 0.3) is 11.1 Å². The SMILES string of the molecule is Cc1nc(C)c([C@H](OC(C)(C)C)C(=O)OC(C)C)c(N2CCC3(CCNC3)CC2)c1-c1ccc(C(=O)NCc2ccccc2)cc1. The van der Waals surface area contributed by atoms with Crippen molar-refractivity contribution in [1.82, 2.24) is 15.6 Å². The molecule has 2 saturated heterocycles. The van der Waals surface area contributed by atoms with Gasteiger partial charge in [-0.15, -0.1) is 0 Å². The molecule has 0 bridgehead atoms. The van der Waals surface area contributed by atoms with Crippen molar-refractivity contribution >= 4 is 17.6 Å². The summed E-state index contributed by atoms with van der Waals surface area (Å²) in [7, 11) is 0. The lowest BCUT2D eigenvalue weighted by Crippen LogP contribution is -2.42. The van der Waals surface area contributed by atoms with E-state index in [0.717, 1.165) is 78.3 Å². The Kier molecular flexibility index (Phi) is 10.2. The number of esters is 1. The van der Waals surface area contributed by atoms with Crippen LogP contribution in [0, 0.1) is 19.3 Å². The van der Waals surface area contributed by atoms with Crippen LogP contribution in [0.3, 0.4) is 0 Å². The highest BCUT2D eigenvalue weighted by Gasteiger charge is 2.41. The van der Waals surface area contributed by atoms with Crippen molar-refractivity contribution in [3.8, 4) is 11.1 Å². The molecule has 1 aromatic heterocycles. The summed E-state index contributed by atoms with van der Waals surface area (Å²) in [5, 5.41) is 6.59. The Morgan fingerprint density at radius 2 is 1.65 bits per heavy atom. The number of hydrogen-bond donors (Lipinski definition) is 2. The van der Waals surface area contributed by atoms with E-state index in [1.54, 1.807) is 0 Å². The van der Waals surface area contributed by atoms with Crippen LogP contribution in [-0.2, 0) is 20.8 Å². The summed E-state index contributed by atoms with van der Waals surface area (Å²) >= 11 is 0. The fourth-order valence-corrected chi connectivity index (χ4v) is 6.80. The predicted octanol–water partition coefficient (Wildman–Crippen LogP) is 6.68. The van der Waals surface area contributed by atoms with Crippen LogP contribution in [0.1, 0.15) is 92.9 Å². The van der Waals surface area contributed by atoms with Gasteiger partial charge in [-0.3, -0.25) is 9.78 Å². The first kappa shape index (κ1) is 33.6. The third kappa shape index (κ3) is 7.78. The third-order valence-electron chi connectivity index (χ3n) is 9.08. The first-order chi connectivity index (χ1) is 21.9. The Bertz CT molecular complexity index is 1510. The lowest BCUT2D eigenvalue weighted by molar-refractivity contribution is -0.171. The molecule has 2 fully saturated rings. The molecule has 1 spiro atoms. The number of amides is 1.